The van der Waals surface area contributed by atoms with Gasteiger partial charge in [0.15, 0.2) is 18.1 Å². The molecule has 0 saturated heterocycles. The Morgan fingerprint density at radius 3 is 2.60 bits per heavy atom. The van der Waals surface area contributed by atoms with E-state index in [0.29, 0.717) is 24.7 Å². The maximum Gasteiger partial charge on any atom is 0.344 e. The van der Waals surface area contributed by atoms with Crippen molar-refractivity contribution in [2.75, 3.05) is 19.8 Å². The Kier molecular flexibility index (Phi) is 6.86. The number of ether oxygens (including phenoxy) is 3. The molecule has 1 aromatic carbocycles. The highest BCUT2D eigenvalue weighted by Crippen LogP contribution is 2.33. The van der Waals surface area contributed by atoms with Crippen LogP contribution in [0.15, 0.2) is 21.7 Å². The average Bonchev–Trinajstić information content (AvgIpc) is 2.41. The molecule has 0 amide bonds. The molecule has 6 nitrogen and oxygen atoms in total. The molecular weight excluding hydrogens is 328 g/mol. The fraction of sp³-hybridized carbons (Fsp3) is 0.385. The van der Waals surface area contributed by atoms with Gasteiger partial charge in [0.05, 0.1) is 19.4 Å². The van der Waals surface area contributed by atoms with Gasteiger partial charge in [0.1, 0.15) is 0 Å². The number of nitrogens with two attached hydrogens (primary N) is 1. The van der Waals surface area contributed by atoms with Crippen LogP contribution >= 0.6 is 15.9 Å². The summed E-state index contributed by atoms with van der Waals surface area (Å²) in [4.78, 5) is 11.3. The number of hydrazone groups is 1. The summed E-state index contributed by atoms with van der Waals surface area (Å²) in [7, 11) is 0. The van der Waals surface area contributed by atoms with Crippen molar-refractivity contribution in [3.8, 4) is 11.5 Å². The van der Waals surface area contributed by atoms with Gasteiger partial charge < -0.3 is 20.1 Å². The van der Waals surface area contributed by atoms with Gasteiger partial charge in [-0.1, -0.05) is 0 Å². The van der Waals surface area contributed by atoms with Crippen LogP contribution in [0.1, 0.15) is 19.4 Å². The zero-order valence-electron chi connectivity index (χ0n) is 11.4. The van der Waals surface area contributed by atoms with Crippen molar-refractivity contribution in [3.63, 3.8) is 0 Å². The smallest absolute Gasteiger partial charge is 0.344 e. The molecular formula is C13H17BrN2O4. The standard InChI is InChI=1S/C13H17BrN2O4/c1-3-18-11-5-9(7-16-15)10(14)6-12(11)20-8-13(17)19-4-2/h5-7H,3-4,8,15H2,1-2H3. The lowest BCUT2D eigenvalue weighted by molar-refractivity contribution is -0.145. The lowest BCUT2D eigenvalue weighted by atomic mass is 10.2. The topological polar surface area (TPSA) is 83.1 Å². The van der Waals surface area contributed by atoms with Crippen LogP contribution in [0.4, 0.5) is 0 Å². The first-order chi connectivity index (χ1) is 9.62. The van der Waals surface area contributed by atoms with Crippen LogP contribution in [0.2, 0.25) is 0 Å². The van der Waals surface area contributed by atoms with Crippen molar-refractivity contribution < 1.29 is 19.0 Å². The van der Waals surface area contributed by atoms with E-state index in [2.05, 4.69) is 21.0 Å². The van der Waals surface area contributed by atoms with E-state index in [9.17, 15) is 4.79 Å². The maximum atomic E-state index is 11.3. The van der Waals surface area contributed by atoms with E-state index in [1.807, 2.05) is 6.92 Å². The van der Waals surface area contributed by atoms with Gasteiger partial charge >= 0.3 is 5.97 Å². The Bertz CT molecular complexity index is 492. The Balaban J connectivity index is 2.93. The third-order valence-electron chi connectivity index (χ3n) is 2.23. The number of benzene rings is 1. The Morgan fingerprint density at radius 1 is 1.30 bits per heavy atom. The lowest BCUT2D eigenvalue weighted by Gasteiger charge is -2.13. The predicted octanol–water partition coefficient (Wildman–Crippen LogP) is 2.08. The second-order valence-corrected chi connectivity index (χ2v) is 4.48. The van der Waals surface area contributed by atoms with E-state index in [1.165, 1.54) is 6.21 Å². The molecule has 0 fully saturated rings. The Morgan fingerprint density at radius 2 is 2.00 bits per heavy atom. The summed E-state index contributed by atoms with van der Waals surface area (Å²) >= 11 is 3.37. The third-order valence-corrected chi connectivity index (χ3v) is 2.91. The molecule has 0 atom stereocenters. The predicted molar refractivity (Wildman–Crippen MR) is 79.2 cm³/mol. The van der Waals surface area contributed by atoms with Crippen molar-refractivity contribution in [2.24, 2.45) is 10.9 Å². The van der Waals surface area contributed by atoms with Crippen molar-refractivity contribution in [2.45, 2.75) is 13.8 Å². The molecule has 1 rings (SSSR count). The van der Waals surface area contributed by atoms with Crippen molar-refractivity contribution in [1.29, 1.82) is 0 Å². The molecule has 0 saturated carbocycles. The first kappa shape index (κ1) is 16.3. The molecule has 2 N–H and O–H groups in total. The summed E-state index contributed by atoms with van der Waals surface area (Å²) in [6.07, 6.45) is 1.49. The summed E-state index contributed by atoms with van der Waals surface area (Å²) in [5, 5.41) is 3.47. The van der Waals surface area contributed by atoms with E-state index in [1.54, 1.807) is 19.1 Å². The number of carbonyl (C=O) groups is 1. The maximum absolute atomic E-state index is 11.3. The molecule has 0 aliphatic carbocycles. The minimum Gasteiger partial charge on any atom is -0.490 e. The van der Waals surface area contributed by atoms with Gasteiger partial charge in [-0.15, -0.1) is 0 Å². The van der Waals surface area contributed by atoms with Crippen LogP contribution in [-0.4, -0.2) is 32.0 Å². The molecule has 20 heavy (non-hydrogen) atoms. The van der Waals surface area contributed by atoms with Crippen LogP contribution < -0.4 is 15.3 Å². The zero-order chi connectivity index (χ0) is 15.0. The minimum absolute atomic E-state index is 0.176. The average molecular weight is 345 g/mol. The number of halogens is 1. The fourth-order valence-electron chi connectivity index (χ4n) is 1.45. The number of carbonyl (C=O) groups excluding carboxylic acids is 1. The Labute approximate surface area is 126 Å². The normalized spacial score (nSPS) is 10.6. The molecule has 0 radical (unpaired) electrons. The zero-order valence-corrected chi connectivity index (χ0v) is 13.0. The molecule has 0 bridgehead atoms. The van der Waals surface area contributed by atoms with Gasteiger partial charge in [-0.2, -0.15) is 5.10 Å². The molecule has 1 aromatic rings. The summed E-state index contributed by atoms with van der Waals surface area (Å²) in [5.74, 6) is 5.66. The van der Waals surface area contributed by atoms with Gasteiger partial charge in [-0.05, 0) is 41.9 Å². The molecule has 110 valence electrons. The van der Waals surface area contributed by atoms with Gasteiger partial charge in [-0.3, -0.25) is 0 Å². The molecule has 0 spiro atoms. The van der Waals surface area contributed by atoms with Crippen LogP contribution in [0, 0.1) is 0 Å². The quantitative estimate of drug-likeness (QED) is 0.354. The molecule has 0 aliphatic heterocycles. The molecule has 0 heterocycles. The highest BCUT2D eigenvalue weighted by molar-refractivity contribution is 9.10. The van der Waals surface area contributed by atoms with Crippen molar-refractivity contribution >= 4 is 28.1 Å². The lowest BCUT2D eigenvalue weighted by Crippen LogP contribution is -2.15. The summed E-state index contributed by atoms with van der Waals surface area (Å²) in [6, 6.07) is 3.42. The third kappa shape index (κ3) is 4.73. The minimum atomic E-state index is -0.432. The molecule has 0 aromatic heterocycles. The summed E-state index contributed by atoms with van der Waals surface area (Å²) in [6.45, 7) is 4.20. The highest BCUT2D eigenvalue weighted by atomic mass is 79.9. The number of hydrogen-bond donors (Lipinski definition) is 1. The van der Waals surface area contributed by atoms with E-state index in [-0.39, 0.29) is 6.61 Å². The van der Waals surface area contributed by atoms with Gasteiger partial charge in [0, 0.05) is 10.0 Å². The largest absolute Gasteiger partial charge is 0.490 e. The number of nitrogens with zero attached hydrogens (tertiary/aromatic N) is 1. The van der Waals surface area contributed by atoms with Crippen LogP contribution in [0.25, 0.3) is 0 Å². The molecule has 7 heteroatoms. The summed E-state index contributed by atoms with van der Waals surface area (Å²) in [5.41, 5.74) is 0.749. The van der Waals surface area contributed by atoms with Crippen molar-refractivity contribution in [3.05, 3.63) is 22.2 Å². The van der Waals surface area contributed by atoms with E-state index >= 15 is 0 Å². The molecule has 0 aliphatic rings. The second-order valence-electron chi connectivity index (χ2n) is 3.63. The van der Waals surface area contributed by atoms with Crippen LogP contribution in [0.5, 0.6) is 11.5 Å². The highest BCUT2D eigenvalue weighted by Gasteiger charge is 2.12. The monoisotopic (exact) mass is 344 g/mol. The first-order valence-electron chi connectivity index (χ1n) is 6.10. The number of hydrogen-bond acceptors (Lipinski definition) is 6. The summed E-state index contributed by atoms with van der Waals surface area (Å²) < 4.78 is 16.4. The van der Waals surface area contributed by atoms with Crippen molar-refractivity contribution in [1.82, 2.24) is 0 Å². The molecule has 0 unspecified atom stereocenters. The van der Waals surface area contributed by atoms with E-state index < -0.39 is 5.97 Å². The van der Waals surface area contributed by atoms with E-state index in [0.717, 1.165) is 10.0 Å². The van der Waals surface area contributed by atoms with Crippen LogP contribution in [0.3, 0.4) is 0 Å². The van der Waals surface area contributed by atoms with Gasteiger partial charge in [0.25, 0.3) is 0 Å². The second kappa shape index (κ2) is 8.42. The number of esters is 1. The van der Waals surface area contributed by atoms with Gasteiger partial charge in [0.2, 0.25) is 0 Å². The van der Waals surface area contributed by atoms with E-state index in [4.69, 9.17) is 20.1 Å². The first-order valence-corrected chi connectivity index (χ1v) is 6.89. The van der Waals surface area contributed by atoms with Gasteiger partial charge in [-0.25, -0.2) is 4.79 Å². The fourth-order valence-corrected chi connectivity index (χ4v) is 1.88. The SMILES string of the molecule is CCOC(=O)COc1cc(Br)c(C=NN)cc1OCC. The van der Waals surface area contributed by atoms with Crippen LogP contribution in [-0.2, 0) is 9.53 Å². The Hall–Kier alpha value is -1.76. The number of rotatable bonds is 7.